The van der Waals surface area contributed by atoms with E-state index in [4.69, 9.17) is 10.2 Å². The maximum Gasteiger partial charge on any atom is 0.331 e. The van der Waals surface area contributed by atoms with Gasteiger partial charge >= 0.3 is 11.9 Å². The molecule has 0 aliphatic carbocycles. The quantitative estimate of drug-likeness (QED) is 0.503. The second-order valence-electron chi connectivity index (χ2n) is 3.22. The van der Waals surface area contributed by atoms with E-state index in [9.17, 15) is 9.59 Å². The highest BCUT2D eigenvalue weighted by atomic mass is 16.4. The van der Waals surface area contributed by atoms with Gasteiger partial charge in [-0.15, -0.1) is 6.58 Å². The Balaban J connectivity index is 4.45. The molecule has 0 fully saturated rings. The average molecular weight is 198 g/mol. The molecule has 0 aromatic heterocycles. The summed E-state index contributed by atoms with van der Waals surface area (Å²) >= 11 is 0. The minimum Gasteiger partial charge on any atom is -0.481 e. The van der Waals surface area contributed by atoms with Gasteiger partial charge in [-0.25, -0.2) is 4.79 Å². The monoisotopic (exact) mass is 198 g/mol. The van der Waals surface area contributed by atoms with E-state index in [0.29, 0.717) is 6.42 Å². The van der Waals surface area contributed by atoms with Gasteiger partial charge in [-0.2, -0.15) is 0 Å². The zero-order chi connectivity index (χ0) is 11.3. The third kappa shape index (κ3) is 3.89. The summed E-state index contributed by atoms with van der Waals surface area (Å²) in [6.07, 6.45) is 0.721. The van der Waals surface area contributed by atoms with Crippen LogP contribution in [0.15, 0.2) is 24.3 Å². The number of hydrogen-bond acceptors (Lipinski definition) is 2. The van der Waals surface area contributed by atoms with Gasteiger partial charge in [-0.3, -0.25) is 4.79 Å². The van der Waals surface area contributed by atoms with E-state index in [1.807, 2.05) is 0 Å². The second kappa shape index (κ2) is 5.21. The van der Waals surface area contributed by atoms with E-state index in [1.54, 1.807) is 6.92 Å². The first-order valence-corrected chi connectivity index (χ1v) is 4.15. The predicted octanol–water partition coefficient (Wildman–Crippen LogP) is 1.68. The van der Waals surface area contributed by atoms with E-state index in [1.165, 1.54) is 0 Å². The largest absolute Gasteiger partial charge is 0.481 e. The van der Waals surface area contributed by atoms with Crippen molar-refractivity contribution in [2.75, 3.05) is 0 Å². The lowest BCUT2D eigenvalue weighted by Crippen LogP contribution is -2.20. The van der Waals surface area contributed by atoms with Gasteiger partial charge in [0.15, 0.2) is 0 Å². The van der Waals surface area contributed by atoms with Gasteiger partial charge in [0.05, 0.1) is 5.92 Å². The Hall–Kier alpha value is -1.58. The molecule has 0 saturated carbocycles. The molecule has 0 saturated heterocycles. The average Bonchev–Trinajstić information content (AvgIpc) is 2.02. The van der Waals surface area contributed by atoms with Gasteiger partial charge in [0.25, 0.3) is 0 Å². The molecule has 0 aromatic rings. The molecule has 78 valence electrons. The summed E-state index contributed by atoms with van der Waals surface area (Å²) < 4.78 is 0. The zero-order valence-corrected chi connectivity index (χ0v) is 8.12. The Kier molecular flexibility index (Phi) is 4.63. The summed E-state index contributed by atoms with van der Waals surface area (Å²) in [5, 5.41) is 17.3. The Morgan fingerprint density at radius 1 is 1.29 bits per heavy atom. The Bertz CT molecular complexity index is 278. The maximum atomic E-state index is 10.7. The first kappa shape index (κ1) is 12.4. The number of carboxylic acids is 2. The summed E-state index contributed by atoms with van der Waals surface area (Å²) in [6.45, 7) is 8.63. The third-order valence-electron chi connectivity index (χ3n) is 1.85. The van der Waals surface area contributed by atoms with Gasteiger partial charge in [0.1, 0.15) is 0 Å². The predicted molar refractivity (Wildman–Crippen MR) is 51.9 cm³/mol. The maximum absolute atomic E-state index is 10.7. The van der Waals surface area contributed by atoms with E-state index in [-0.39, 0.29) is 12.0 Å². The summed E-state index contributed by atoms with van der Waals surface area (Å²) in [6, 6.07) is 0. The van der Waals surface area contributed by atoms with E-state index in [0.717, 1.165) is 5.57 Å². The molecule has 1 atom stereocenters. The molecule has 14 heavy (non-hydrogen) atoms. The third-order valence-corrected chi connectivity index (χ3v) is 1.85. The summed E-state index contributed by atoms with van der Waals surface area (Å²) in [4.78, 5) is 21.2. The van der Waals surface area contributed by atoms with Crippen LogP contribution in [0.1, 0.15) is 19.8 Å². The Morgan fingerprint density at radius 3 is 2.07 bits per heavy atom. The molecule has 0 amide bonds. The Morgan fingerprint density at radius 2 is 1.79 bits per heavy atom. The van der Waals surface area contributed by atoms with Crippen LogP contribution in [0, 0.1) is 5.92 Å². The first-order valence-electron chi connectivity index (χ1n) is 4.15. The number of rotatable bonds is 6. The van der Waals surface area contributed by atoms with Crippen molar-refractivity contribution in [2.24, 2.45) is 5.92 Å². The van der Waals surface area contributed by atoms with Gasteiger partial charge in [0.2, 0.25) is 0 Å². The fourth-order valence-corrected chi connectivity index (χ4v) is 0.987. The molecule has 2 N–H and O–H groups in total. The lowest BCUT2D eigenvalue weighted by molar-refractivity contribution is -0.143. The summed E-state index contributed by atoms with van der Waals surface area (Å²) in [5.74, 6) is -3.44. The van der Waals surface area contributed by atoms with Crippen molar-refractivity contribution in [2.45, 2.75) is 19.8 Å². The molecule has 0 bridgehead atoms. The topological polar surface area (TPSA) is 74.6 Å². The molecule has 4 nitrogen and oxygen atoms in total. The van der Waals surface area contributed by atoms with Crippen molar-refractivity contribution in [1.29, 1.82) is 0 Å². The molecule has 0 heterocycles. The van der Waals surface area contributed by atoms with Crippen LogP contribution in [0.4, 0.5) is 0 Å². The molecule has 0 rings (SSSR count). The molecular weight excluding hydrogens is 184 g/mol. The smallest absolute Gasteiger partial charge is 0.331 e. The van der Waals surface area contributed by atoms with Crippen LogP contribution in [-0.4, -0.2) is 22.2 Å². The van der Waals surface area contributed by atoms with Crippen molar-refractivity contribution < 1.29 is 19.8 Å². The normalized spacial score (nSPS) is 11.8. The van der Waals surface area contributed by atoms with Crippen LogP contribution in [-0.2, 0) is 9.59 Å². The van der Waals surface area contributed by atoms with Gasteiger partial charge in [0, 0.05) is 5.57 Å². The number of hydrogen-bond donors (Lipinski definition) is 2. The highest BCUT2D eigenvalue weighted by Gasteiger charge is 2.24. The lowest BCUT2D eigenvalue weighted by Gasteiger charge is -2.11. The molecule has 0 aliphatic rings. The summed E-state index contributed by atoms with van der Waals surface area (Å²) in [7, 11) is 0. The van der Waals surface area contributed by atoms with Crippen molar-refractivity contribution in [3.05, 3.63) is 24.3 Å². The second-order valence-corrected chi connectivity index (χ2v) is 3.22. The van der Waals surface area contributed by atoms with Gasteiger partial charge in [-0.1, -0.05) is 12.2 Å². The van der Waals surface area contributed by atoms with Crippen LogP contribution in [0.3, 0.4) is 0 Å². The number of allylic oxidation sites excluding steroid dienone is 1. The Labute approximate surface area is 82.6 Å². The molecule has 0 aliphatic heterocycles. The van der Waals surface area contributed by atoms with Crippen molar-refractivity contribution in [3.63, 3.8) is 0 Å². The number of carboxylic acid groups (broad SMARTS) is 2. The van der Waals surface area contributed by atoms with E-state index in [2.05, 4.69) is 13.2 Å². The van der Waals surface area contributed by atoms with E-state index < -0.39 is 17.9 Å². The van der Waals surface area contributed by atoms with Gasteiger partial charge < -0.3 is 10.2 Å². The van der Waals surface area contributed by atoms with Crippen LogP contribution in [0.2, 0.25) is 0 Å². The molecular formula is C10H14O4. The number of carbonyl (C=O) groups is 2. The first-order chi connectivity index (χ1) is 6.36. The molecule has 0 radical (unpaired) electrons. The standard InChI is InChI=1S/C10H14O4/c1-6(2)4-5-8(10(13)14)7(3)9(11)12/h8H,1,3-5H2,2H3,(H,11,12)(H,13,14). The number of aliphatic carboxylic acids is 2. The fraction of sp³-hybridized carbons (Fsp3) is 0.400. The van der Waals surface area contributed by atoms with Crippen LogP contribution in [0.5, 0.6) is 0 Å². The summed E-state index contributed by atoms with van der Waals surface area (Å²) in [5.41, 5.74) is 0.549. The molecule has 0 spiro atoms. The SMILES string of the molecule is C=C(C)CCC(C(=C)C(=O)O)C(=O)O. The minimum atomic E-state index is -1.26. The minimum absolute atomic E-state index is 0.232. The molecule has 0 aromatic carbocycles. The lowest BCUT2D eigenvalue weighted by atomic mass is 9.94. The van der Waals surface area contributed by atoms with Crippen LogP contribution >= 0.6 is 0 Å². The van der Waals surface area contributed by atoms with Crippen molar-refractivity contribution in [3.8, 4) is 0 Å². The van der Waals surface area contributed by atoms with Crippen molar-refractivity contribution >= 4 is 11.9 Å². The van der Waals surface area contributed by atoms with Gasteiger partial charge in [-0.05, 0) is 19.8 Å². The van der Waals surface area contributed by atoms with E-state index >= 15 is 0 Å². The highest BCUT2D eigenvalue weighted by molar-refractivity contribution is 5.93. The molecule has 4 heteroatoms. The van der Waals surface area contributed by atoms with Crippen LogP contribution in [0.25, 0.3) is 0 Å². The van der Waals surface area contributed by atoms with Crippen LogP contribution < -0.4 is 0 Å². The fourth-order valence-electron chi connectivity index (χ4n) is 0.987. The highest BCUT2D eigenvalue weighted by Crippen LogP contribution is 2.18. The molecule has 1 unspecified atom stereocenters. The van der Waals surface area contributed by atoms with Crippen molar-refractivity contribution in [1.82, 2.24) is 0 Å². The zero-order valence-electron chi connectivity index (χ0n) is 8.12.